The van der Waals surface area contributed by atoms with Gasteiger partial charge in [-0.25, -0.2) is 4.79 Å². The molecule has 0 aliphatic heterocycles. The van der Waals surface area contributed by atoms with Crippen LogP contribution >= 0.6 is 0 Å². The summed E-state index contributed by atoms with van der Waals surface area (Å²) in [5.74, 6) is 1.13. The Bertz CT molecular complexity index is 944. The molecule has 0 atom stereocenters. The van der Waals surface area contributed by atoms with Gasteiger partial charge < -0.3 is 20.4 Å². The molecule has 2 aromatic carbocycles. The lowest BCUT2D eigenvalue weighted by Crippen LogP contribution is -2.19. The molecule has 0 aliphatic carbocycles. The van der Waals surface area contributed by atoms with E-state index in [9.17, 15) is 9.59 Å². The fraction of sp³-hybridized carbons (Fsp3) is 0.0476. The topological polar surface area (TPSA) is 83.4 Å². The van der Waals surface area contributed by atoms with E-state index in [4.69, 9.17) is 4.42 Å². The minimum absolute atomic E-state index is 0.272. The average Bonchev–Trinajstić information content (AvgIpc) is 3.08. The van der Waals surface area contributed by atoms with Crippen LogP contribution in [0.25, 0.3) is 6.08 Å². The molecule has 0 bridgehead atoms. The monoisotopic (exact) mass is 361 g/mol. The Morgan fingerprint density at radius 3 is 1.96 bits per heavy atom. The molecule has 1 aromatic heterocycles. The molecule has 0 spiro atoms. The summed E-state index contributed by atoms with van der Waals surface area (Å²) in [7, 11) is 0. The average molecular weight is 361 g/mol. The van der Waals surface area contributed by atoms with Crippen LogP contribution in [0.15, 0.2) is 77.2 Å². The lowest BCUT2D eigenvalue weighted by Gasteiger charge is -2.08. The smallest absolute Gasteiger partial charge is 0.323 e. The van der Waals surface area contributed by atoms with Gasteiger partial charge in [-0.3, -0.25) is 4.79 Å². The number of hydrogen-bond donors (Lipinski definition) is 3. The SMILES string of the molecule is Cc1ccc(/C=C/C(=O)Nc2ccc(NC(=O)Nc3ccccc3)cc2)o1. The van der Waals surface area contributed by atoms with Crippen molar-refractivity contribution in [3.8, 4) is 0 Å². The molecule has 6 nitrogen and oxygen atoms in total. The maximum Gasteiger partial charge on any atom is 0.323 e. The molecule has 0 saturated carbocycles. The van der Waals surface area contributed by atoms with E-state index in [0.717, 1.165) is 5.76 Å². The van der Waals surface area contributed by atoms with Gasteiger partial charge in [0, 0.05) is 23.1 Å². The molecule has 3 N–H and O–H groups in total. The summed E-state index contributed by atoms with van der Waals surface area (Å²) in [4.78, 5) is 23.9. The summed E-state index contributed by atoms with van der Waals surface area (Å²) in [5, 5.41) is 8.21. The summed E-state index contributed by atoms with van der Waals surface area (Å²) in [6.07, 6.45) is 3.00. The van der Waals surface area contributed by atoms with Crippen LogP contribution in [0.1, 0.15) is 11.5 Å². The third-order valence-electron chi connectivity index (χ3n) is 3.60. The van der Waals surface area contributed by atoms with Crippen LogP contribution in [-0.4, -0.2) is 11.9 Å². The Balaban J connectivity index is 1.51. The zero-order valence-corrected chi connectivity index (χ0v) is 14.7. The molecule has 0 aliphatic rings. The molecule has 3 amide bonds. The first-order chi connectivity index (χ1) is 13.1. The Kier molecular flexibility index (Phi) is 5.69. The van der Waals surface area contributed by atoms with E-state index in [0.29, 0.717) is 22.8 Å². The number of carbonyl (C=O) groups excluding carboxylic acids is 2. The standard InChI is InChI=1S/C21H19N3O3/c1-15-7-12-19(27-15)13-14-20(25)22-17-8-10-18(11-9-17)24-21(26)23-16-5-3-2-4-6-16/h2-14H,1H3,(H,22,25)(H2,23,24,26)/b14-13+. The zero-order chi connectivity index (χ0) is 19.1. The molecule has 0 radical (unpaired) electrons. The third kappa shape index (κ3) is 5.61. The highest BCUT2D eigenvalue weighted by atomic mass is 16.3. The maximum atomic E-state index is 12.0. The van der Waals surface area contributed by atoms with Crippen molar-refractivity contribution in [3.63, 3.8) is 0 Å². The van der Waals surface area contributed by atoms with Gasteiger partial charge in [0.15, 0.2) is 0 Å². The minimum Gasteiger partial charge on any atom is -0.462 e. The first-order valence-electron chi connectivity index (χ1n) is 8.37. The number of para-hydroxylation sites is 1. The van der Waals surface area contributed by atoms with Gasteiger partial charge in [0.25, 0.3) is 0 Å². The molecular weight excluding hydrogens is 342 g/mol. The van der Waals surface area contributed by atoms with Crippen molar-refractivity contribution in [2.45, 2.75) is 6.92 Å². The van der Waals surface area contributed by atoms with Crippen molar-refractivity contribution in [2.75, 3.05) is 16.0 Å². The number of amides is 3. The van der Waals surface area contributed by atoms with Gasteiger partial charge in [-0.15, -0.1) is 0 Å². The zero-order valence-electron chi connectivity index (χ0n) is 14.7. The van der Waals surface area contributed by atoms with Crippen LogP contribution in [0.3, 0.4) is 0 Å². The Morgan fingerprint density at radius 2 is 1.37 bits per heavy atom. The Hall–Kier alpha value is -3.80. The second-order valence-corrected chi connectivity index (χ2v) is 5.79. The normalized spacial score (nSPS) is 10.6. The molecule has 0 fully saturated rings. The van der Waals surface area contributed by atoms with Crippen LogP contribution in [0.5, 0.6) is 0 Å². The molecular formula is C21H19N3O3. The molecule has 27 heavy (non-hydrogen) atoms. The first-order valence-corrected chi connectivity index (χ1v) is 8.37. The van der Waals surface area contributed by atoms with Crippen molar-refractivity contribution in [3.05, 3.63) is 84.3 Å². The van der Waals surface area contributed by atoms with Crippen molar-refractivity contribution < 1.29 is 14.0 Å². The number of nitrogens with one attached hydrogen (secondary N) is 3. The van der Waals surface area contributed by atoms with Crippen LogP contribution in [0, 0.1) is 6.92 Å². The summed E-state index contributed by atoms with van der Waals surface area (Å²) < 4.78 is 5.37. The van der Waals surface area contributed by atoms with Crippen molar-refractivity contribution in [1.29, 1.82) is 0 Å². The predicted molar refractivity (Wildman–Crippen MR) is 107 cm³/mol. The van der Waals surface area contributed by atoms with E-state index in [-0.39, 0.29) is 11.9 Å². The summed E-state index contributed by atoms with van der Waals surface area (Å²) >= 11 is 0. The van der Waals surface area contributed by atoms with Crippen molar-refractivity contribution in [2.24, 2.45) is 0 Å². The summed E-state index contributed by atoms with van der Waals surface area (Å²) in [5.41, 5.74) is 1.94. The number of rotatable bonds is 5. The fourth-order valence-electron chi connectivity index (χ4n) is 2.34. The lowest BCUT2D eigenvalue weighted by atomic mass is 10.2. The third-order valence-corrected chi connectivity index (χ3v) is 3.60. The van der Waals surface area contributed by atoms with Gasteiger partial charge in [-0.2, -0.15) is 0 Å². The van der Waals surface area contributed by atoms with E-state index < -0.39 is 0 Å². The van der Waals surface area contributed by atoms with Crippen LogP contribution < -0.4 is 16.0 Å². The summed E-state index contributed by atoms with van der Waals surface area (Å²) in [6.45, 7) is 1.84. The number of anilines is 3. The molecule has 3 rings (SSSR count). The van der Waals surface area contributed by atoms with E-state index in [2.05, 4.69) is 16.0 Å². The number of furan rings is 1. The highest BCUT2D eigenvalue weighted by Gasteiger charge is 2.03. The second kappa shape index (κ2) is 8.53. The number of carbonyl (C=O) groups is 2. The summed E-state index contributed by atoms with van der Waals surface area (Å²) in [6, 6.07) is 19.3. The van der Waals surface area contributed by atoms with Crippen LogP contribution in [-0.2, 0) is 4.79 Å². The number of aryl methyl sites for hydroxylation is 1. The first kappa shape index (κ1) is 18.0. The van der Waals surface area contributed by atoms with Gasteiger partial charge in [0.05, 0.1) is 0 Å². The number of benzene rings is 2. The Labute approximate surface area is 156 Å². The molecule has 0 saturated heterocycles. The van der Waals surface area contributed by atoms with Crippen molar-refractivity contribution in [1.82, 2.24) is 0 Å². The molecule has 1 heterocycles. The molecule has 6 heteroatoms. The number of urea groups is 1. The van der Waals surface area contributed by atoms with E-state index in [1.54, 1.807) is 48.5 Å². The highest BCUT2D eigenvalue weighted by molar-refractivity contribution is 6.02. The Morgan fingerprint density at radius 1 is 0.778 bits per heavy atom. The van der Waals surface area contributed by atoms with Gasteiger partial charge in [-0.05, 0) is 61.5 Å². The van der Waals surface area contributed by atoms with E-state index in [1.807, 2.05) is 31.2 Å². The van der Waals surface area contributed by atoms with Crippen LogP contribution in [0.4, 0.5) is 21.9 Å². The molecule has 136 valence electrons. The fourth-order valence-corrected chi connectivity index (χ4v) is 2.34. The second-order valence-electron chi connectivity index (χ2n) is 5.79. The van der Waals surface area contributed by atoms with E-state index in [1.165, 1.54) is 6.08 Å². The molecule has 3 aromatic rings. The minimum atomic E-state index is -0.338. The van der Waals surface area contributed by atoms with E-state index >= 15 is 0 Å². The molecule has 0 unspecified atom stereocenters. The van der Waals surface area contributed by atoms with Gasteiger partial charge >= 0.3 is 6.03 Å². The quantitative estimate of drug-likeness (QED) is 0.566. The van der Waals surface area contributed by atoms with Gasteiger partial charge in [0.1, 0.15) is 11.5 Å². The van der Waals surface area contributed by atoms with Gasteiger partial charge in [-0.1, -0.05) is 18.2 Å². The van der Waals surface area contributed by atoms with Crippen LogP contribution in [0.2, 0.25) is 0 Å². The van der Waals surface area contributed by atoms with Gasteiger partial charge in [0.2, 0.25) is 5.91 Å². The number of hydrogen-bond acceptors (Lipinski definition) is 3. The lowest BCUT2D eigenvalue weighted by molar-refractivity contribution is -0.111. The van der Waals surface area contributed by atoms with Crippen molar-refractivity contribution >= 4 is 35.1 Å². The highest BCUT2D eigenvalue weighted by Crippen LogP contribution is 2.15. The maximum absolute atomic E-state index is 12.0. The predicted octanol–water partition coefficient (Wildman–Crippen LogP) is 4.88. The largest absolute Gasteiger partial charge is 0.462 e.